The van der Waals surface area contributed by atoms with Crippen LogP contribution in [0.4, 0.5) is 0 Å². The molecule has 1 aromatic heterocycles. The average molecular weight is 246 g/mol. The Morgan fingerprint density at radius 2 is 2.22 bits per heavy atom. The van der Waals surface area contributed by atoms with E-state index in [0.717, 1.165) is 38.4 Å². The summed E-state index contributed by atoms with van der Waals surface area (Å²) in [6.07, 6.45) is 8.56. The predicted molar refractivity (Wildman–Crippen MR) is 70.8 cm³/mol. The Morgan fingerprint density at radius 3 is 2.83 bits per heavy atom. The van der Waals surface area contributed by atoms with Gasteiger partial charge < -0.3 is 9.88 Å². The van der Waals surface area contributed by atoms with Crippen LogP contribution in [0.25, 0.3) is 6.08 Å². The van der Waals surface area contributed by atoms with E-state index >= 15 is 0 Å². The average Bonchev–Trinajstić information content (AvgIpc) is 2.90. The number of carbonyl (C=O) groups excluding carboxylic acids is 1. The summed E-state index contributed by atoms with van der Waals surface area (Å²) in [6, 6.07) is 0. The van der Waals surface area contributed by atoms with E-state index in [1.807, 2.05) is 11.0 Å². The van der Waals surface area contributed by atoms with Crippen molar-refractivity contribution in [3.8, 4) is 0 Å². The van der Waals surface area contributed by atoms with Crippen LogP contribution >= 0.6 is 0 Å². The minimum Gasteiger partial charge on any atom is -0.351 e. The maximum absolute atomic E-state index is 11.9. The largest absolute Gasteiger partial charge is 0.351 e. The molecule has 2 rings (SSSR count). The van der Waals surface area contributed by atoms with E-state index < -0.39 is 0 Å². The van der Waals surface area contributed by atoms with Crippen molar-refractivity contribution in [2.75, 3.05) is 32.7 Å². The lowest BCUT2D eigenvalue weighted by Gasteiger charge is -2.33. The molecule has 96 valence electrons. The van der Waals surface area contributed by atoms with E-state index in [9.17, 15) is 4.79 Å². The summed E-state index contributed by atoms with van der Waals surface area (Å²) >= 11 is 0. The van der Waals surface area contributed by atoms with Gasteiger partial charge in [-0.1, -0.05) is 6.08 Å². The molecular weight excluding hydrogens is 228 g/mol. The molecule has 18 heavy (non-hydrogen) atoms. The van der Waals surface area contributed by atoms with Gasteiger partial charge in [0, 0.05) is 45.0 Å². The van der Waals surface area contributed by atoms with Crippen LogP contribution in [0.3, 0.4) is 0 Å². The summed E-state index contributed by atoms with van der Waals surface area (Å²) in [4.78, 5) is 23.0. The number of aromatic nitrogens is 2. The Morgan fingerprint density at radius 1 is 1.44 bits per heavy atom. The van der Waals surface area contributed by atoms with Crippen molar-refractivity contribution in [3.05, 3.63) is 36.9 Å². The molecule has 1 saturated heterocycles. The zero-order chi connectivity index (χ0) is 12.8. The third kappa shape index (κ3) is 3.30. The second-order valence-electron chi connectivity index (χ2n) is 4.24. The lowest BCUT2D eigenvalue weighted by Crippen LogP contribution is -2.48. The Labute approximate surface area is 107 Å². The minimum absolute atomic E-state index is 0.0521. The number of amides is 1. The second-order valence-corrected chi connectivity index (χ2v) is 4.24. The Balaban J connectivity index is 1.82. The van der Waals surface area contributed by atoms with Crippen molar-refractivity contribution < 1.29 is 4.79 Å². The summed E-state index contributed by atoms with van der Waals surface area (Å²) < 4.78 is 0. The number of hydrogen-bond donors (Lipinski definition) is 1. The fourth-order valence-corrected chi connectivity index (χ4v) is 1.96. The van der Waals surface area contributed by atoms with Gasteiger partial charge in [0.1, 0.15) is 0 Å². The van der Waals surface area contributed by atoms with Crippen molar-refractivity contribution in [1.29, 1.82) is 0 Å². The molecule has 0 unspecified atom stereocenters. The van der Waals surface area contributed by atoms with Gasteiger partial charge in [0.2, 0.25) is 5.91 Å². The highest BCUT2D eigenvalue weighted by Crippen LogP contribution is 2.04. The summed E-state index contributed by atoms with van der Waals surface area (Å²) in [7, 11) is 0. The number of aromatic amines is 1. The molecule has 0 saturated carbocycles. The fraction of sp³-hybridized carbons (Fsp3) is 0.385. The van der Waals surface area contributed by atoms with E-state index in [1.54, 1.807) is 24.7 Å². The SMILES string of the molecule is C=CCN1CCN(C(=O)C=Cc2c[nH]cn2)CC1. The van der Waals surface area contributed by atoms with Crippen LogP contribution in [0.2, 0.25) is 0 Å². The maximum Gasteiger partial charge on any atom is 0.246 e. The van der Waals surface area contributed by atoms with Gasteiger partial charge in [-0.3, -0.25) is 9.69 Å². The maximum atomic E-state index is 11.9. The topological polar surface area (TPSA) is 52.2 Å². The first-order valence-electron chi connectivity index (χ1n) is 6.08. The number of rotatable bonds is 4. The van der Waals surface area contributed by atoms with Crippen LogP contribution in [0.1, 0.15) is 5.69 Å². The molecule has 1 aliphatic rings. The number of imidazole rings is 1. The van der Waals surface area contributed by atoms with Crippen LogP contribution in [-0.4, -0.2) is 58.4 Å². The van der Waals surface area contributed by atoms with E-state index in [1.165, 1.54) is 0 Å². The van der Waals surface area contributed by atoms with Gasteiger partial charge >= 0.3 is 0 Å². The number of piperazine rings is 1. The number of carbonyl (C=O) groups is 1. The number of H-pyrrole nitrogens is 1. The molecule has 0 aromatic carbocycles. The van der Waals surface area contributed by atoms with Gasteiger partial charge in [0.15, 0.2) is 0 Å². The molecule has 1 fully saturated rings. The van der Waals surface area contributed by atoms with Gasteiger partial charge in [-0.2, -0.15) is 0 Å². The Kier molecular flexibility index (Phi) is 4.30. The van der Waals surface area contributed by atoms with Crippen LogP contribution < -0.4 is 0 Å². The molecule has 1 aliphatic heterocycles. The van der Waals surface area contributed by atoms with Crippen molar-refractivity contribution in [2.45, 2.75) is 0 Å². The van der Waals surface area contributed by atoms with Crippen molar-refractivity contribution >= 4 is 12.0 Å². The quantitative estimate of drug-likeness (QED) is 0.630. The molecule has 0 bridgehead atoms. The Hall–Kier alpha value is -1.88. The molecule has 1 amide bonds. The van der Waals surface area contributed by atoms with E-state index in [4.69, 9.17) is 0 Å². The van der Waals surface area contributed by atoms with Crippen LogP contribution in [0, 0.1) is 0 Å². The highest BCUT2D eigenvalue weighted by Gasteiger charge is 2.18. The first-order chi connectivity index (χ1) is 8.79. The lowest BCUT2D eigenvalue weighted by molar-refractivity contribution is -0.127. The van der Waals surface area contributed by atoms with E-state index in [2.05, 4.69) is 21.4 Å². The minimum atomic E-state index is 0.0521. The van der Waals surface area contributed by atoms with Crippen LogP contribution in [0.5, 0.6) is 0 Å². The zero-order valence-electron chi connectivity index (χ0n) is 10.4. The Bertz CT molecular complexity index is 416. The lowest BCUT2D eigenvalue weighted by atomic mass is 10.3. The molecule has 5 heteroatoms. The van der Waals surface area contributed by atoms with Gasteiger partial charge in [-0.25, -0.2) is 4.98 Å². The summed E-state index contributed by atoms with van der Waals surface area (Å²) in [5, 5.41) is 0. The molecular formula is C13H18N4O. The predicted octanol–water partition coefficient (Wildman–Crippen LogP) is 0.753. The van der Waals surface area contributed by atoms with Crippen molar-refractivity contribution in [2.24, 2.45) is 0 Å². The summed E-state index contributed by atoms with van der Waals surface area (Å²) in [5.74, 6) is 0.0521. The van der Waals surface area contributed by atoms with E-state index in [-0.39, 0.29) is 5.91 Å². The number of nitrogens with one attached hydrogen (secondary N) is 1. The first kappa shape index (κ1) is 12.6. The smallest absolute Gasteiger partial charge is 0.246 e. The molecule has 1 aromatic rings. The molecule has 0 radical (unpaired) electrons. The molecule has 1 N–H and O–H groups in total. The molecule has 0 spiro atoms. The highest BCUT2D eigenvalue weighted by molar-refractivity contribution is 5.91. The van der Waals surface area contributed by atoms with E-state index in [0.29, 0.717) is 0 Å². The monoisotopic (exact) mass is 246 g/mol. The van der Waals surface area contributed by atoms with Gasteiger partial charge in [0.25, 0.3) is 0 Å². The van der Waals surface area contributed by atoms with Gasteiger partial charge in [-0.15, -0.1) is 6.58 Å². The summed E-state index contributed by atoms with van der Waals surface area (Å²) in [5.41, 5.74) is 0.772. The molecule has 0 atom stereocenters. The highest BCUT2D eigenvalue weighted by atomic mass is 16.2. The normalized spacial score (nSPS) is 17.2. The second kappa shape index (κ2) is 6.16. The van der Waals surface area contributed by atoms with Crippen molar-refractivity contribution in [3.63, 3.8) is 0 Å². The van der Waals surface area contributed by atoms with Crippen LogP contribution in [-0.2, 0) is 4.79 Å². The van der Waals surface area contributed by atoms with Crippen LogP contribution in [0.15, 0.2) is 31.3 Å². The standard InChI is InChI=1S/C13H18N4O/c1-2-5-16-6-8-17(9-7-16)13(18)4-3-12-10-14-11-15-12/h2-4,10-11H,1,5-9H2,(H,14,15). The van der Waals surface area contributed by atoms with Gasteiger partial charge in [0.05, 0.1) is 12.0 Å². The molecule has 0 aliphatic carbocycles. The number of nitrogens with zero attached hydrogens (tertiary/aromatic N) is 3. The number of hydrogen-bond acceptors (Lipinski definition) is 3. The fourth-order valence-electron chi connectivity index (χ4n) is 1.96. The molecule has 5 nitrogen and oxygen atoms in total. The van der Waals surface area contributed by atoms with Crippen molar-refractivity contribution in [1.82, 2.24) is 19.8 Å². The summed E-state index contributed by atoms with van der Waals surface area (Å²) in [6.45, 7) is 7.99. The van der Waals surface area contributed by atoms with Gasteiger partial charge in [-0.05, 0) is 6.08 Å². The third-order valence-electron chi connectivity index (χ3n) is 2.99. The first-order valence-corrected chi connectivity index (χ1v) is 6.08. The zero-order valence-corrected chi connectivity index (χ0v) is 10.4. The molecule has 2 heterocycles. The third-order valence-corrected chi connectivity index (χ3v) is 2.99.